The first-order chi connectivity index (χ1) is 22.0. The molecule has 0 radical (unpaired) electrons. The van der Waals surface area contributed by atoms with Gasteiger partial charge in [-0.15, -0.1) is 0 Å². The van der Waals surface area contributed by atoms with E-state index in [4.69, 9.17) is 18.9 Å². The summed E-state index contributed by atoms with van der Waals surface area (Å²) in [7, 11) is 0. The van der Waals surface area contributed by atoms with Gasteiger partial charge in [0.2, 0.25) is 0 Å². The summed E-state index contributed by atoms with van der Waals surface area (Å²) in [5.74, 6) is 2.43. The third kappa shape index (κ3) is 13.5. The summed E-state index contributed by atoms with van der Waals surface area (Å²) in [6.45, 7) is 10.9. The number of rotatable bonds is 24. The molecule has 4 unspecified atom stereocenters. The van der Waals surface area contributed by atoms with Crippen LogP contribution in [0.15, 0.2) is 70.5 Å². The van der Waals surface area contributed by atoms with Crippen molar-refractivity contribution >= 4 is 22.5 Å². The minimum Gasteiger partial charge on any atom is -0.491 e. The van der Waals surface area contributed by atoms with E-state index in [0.29, 0.717) is 36.5 Å². The van der Waals surface area contributed by atoms with E-state index in [1.54, 1.807) is 11.8 Å². The molecule has 0 amide bonds. The molecule has 45 heavy (non-hydrogen) atoms. The SMILES string of the molecule is CCCCC(CC)COCC(O)COc1ccc2ccc(OCC(O)COCC(CC)CCCC)c(Sc3ccccc3)c2c1. The maximum atomic E-state index is 10.7. The van der Waals surface area contributed by atoms with Crippen LogP contribution in [-0.4, -0.2) is 62.1 Å². The van der Waals surface area contributed by atoms with Crippen LogP contribution in [0, 0.1) is 11.8 Å². The molecule has 3 aromatic carbocycles. The van der Waals surface area contributed by atoms with Gasteiger partial charge in [0.1, 0.15) is 36.9 Å². The summed E-state index contributed by atoms with van der Waals surface area (Å²) in [6.07, 6.45) is 7.85. The summed E-state index contributed by atoms with van der Waals surface area (Å²) < 4.78 is 23.9. The predicted octanol–water partition coefficient (Wildman–Crippen LogP) is 8.94. The van der Waals surface area contributed by atoms with E-state index in [1.807, 2.05) is 48.5 Å². The molecule has 0 aromatic heterocycles. The van der Waals surface area contributed by atoms with Crippen molar-refractivity contribution in [1.29, 1.82) is 0 Å². The van der Waals surface area contributed by atoms with Gasteiger partial charge in [-0.2, -0.15) is 0 Å². The predicted molar refractivity (Wildman–Crippen MR) is 186 cm³/mol. The average molecular weight is 641 g/mol. The van der Waals surface area contributed by atoms with Crippen molar-refractivity contribution in [3.63, 3.8) is 0 Å². The van der Waals surface area contributed by atoms with Crippen molar-refractivity contribution in [2.45, 2.75) is 101 Å². The molecule has 3 rings (SSSR count). The van der Waals surface area contributed by atoms with Crippen molar-refractivity contribution in [3.05, 3.63) is 60.7 Å². The Kier molecular flexibility index (Phi) is 17.8. The Hall–Kier alpha value is -2.29. The molecule has 0 aliphatic rings. The van der Waals surface area contributed by atoms with Gasteiger partial charge in [-0.1, -0.05) is 108 Å². The van der Waals surface area contributed by atoms with Crippen molar-refractivity contribution in [3.8, 4) is 11.5 Å². The van der Waals surface area contributed by atoms with E-state index in [9.17, 15) is 10.2 Å². The molecule has 0 aliphatic heterocycles. The van der Waals surface area contributed by atoms with Gasteiger partial charge in [-0.3, -0.25) is 0 Å². The van der Waals surface area contributed by atoms with E-state index in [1.165, 1.54) is 25.7 Å². The van der Waals surface area contributed by atoms with E-state index >= 15 is 0 Å². The first kappa shape index (κ1) is 37.2. The van der Waals surface area contributed by atoms with Gasteiger partial charge in [0.05, 0.1) is 18.1 Å². The number of benzene rings is 3. The largest absolute Gasteiger partial charge is 0.491 e. The number of aliphatic hydroxyl groups is 2. The number of fused-ring (bicyclic) bond motifs is 1. The summed E-state index contributed by atoms with van der Waals surface area (Å²) in [5.41, 5.74) is 0. The number of ether oxygens (including phenoxy) is 4. The third-order valence-electron chi connectivity index (χ3n) is 8.16. The fourth-order valence-corrected chi connectivity index (χ4v) is 6.22. The minimum absolute atomic E-state index is 0.138. The number of unbranched alkanes of at least 4 members (excludes halogenated alkanes) is 2. The molecule has 0 saturated carbocycles. The first-order valence-electron chi connectivity index (χ1n) is 17.0. The fraction of sp³-hybridized carbons (Fsp3) is 0.579. The smallest absolute Gasteiger partial charge is 0.134 e. The zero-order valence-electron chi connectivity index (χ0n) is 27.9. The normalized spacial score (nSPS) is 14.3. The highest BCUT2D eigenvalue weighted by Crippen LogP contribution is 2.41. The second-order valence-electron chi connectivity index (χ2n) is 12.0. The van der Waals surface area contributed by atoms with Crippen LogP contribution in [0.25, 0.3) is 10.8 Å². The summed E-state index contributed by atoms with van der Waals surface area (Å²) in [5, 5.41) is 23.2. The van der Waals surface area contributed by atoms with Crippen LogP contribution in [0.2, 0.25) is 0 Å². The zero-order valence-corrected chi connectivity index (χ0v) is 28.7. The highest BCUT2D eigenvalue weighted by Gasteiger charge is 2.16. The van der Waals surface area contributed by atoms with Crippen molar-refractivity contribution < 1.29 is 29.2 Å². The second kappa shape index (κ2) is 21.5. The lowest BCUT2D eigenvalue weighted by atomic mass is 10.0. The average Bonchev–Trinajstić information content (AvgIpc) is 3.06. The number of aliphatic hydroxyl groups excluding tert-OH is 2. The lowest BCUT2D eigenvalue weighted by Gasteiger charge is -2.19. The van der Waals surface area contributed by atoms with E-state index in [2.05, 4.69) is 39.8 Å². The number of hydrogen-bond acceptors (Lipinski definition) is 7. The summed E-state index contributed by atoms with van der Waals surface area (Å²) >= 11 is 1.62. The number of hydrogen-bond donors (Lipinski definition) is 2. The Morgan fingerprint density at radius 1 is 0.644 bits per heavy atom. The minimum atomic E-state index is -0.725. The van der Waals surface area contributed by atoms with Crippen molar-refractivity contribution in [1.82, 2.24) is 0 Å². The van der Waals surface area contributed by atoms with Crippen LogP contribution in [0.5, 0.6) is 11.5 Å². The maximum Gasteiger partial charge on any atom is 0.134 e. The van der Waals surface area contributed by atoms with Crippen LogP contribution < -0.4 is 9.47 Å². The van der Waals surface area contributed by atoms with Crippen LogP contribution in [0.1, 0.15) is 79.1 Å². The highest BCUT2D eigenvalue weighted by molar-refractivity contribution is 7.99. The van der Waals surface area contributed by atoms with Crippen LogP contribution in [-0.2, 0) is 9.47 Å². The van der Waals surface area contributed by atoms with E-state index < -0.39 is 12.2 Å². The Bertz CT molecular complexity index is 1200. The van der Waals surface area contributed by atoms with Gasteiger partial charge >= 0.3 is 0 Å². The van der Waals surface area contributed by atoms with Gasteiger partial charge in [-0.05, 0) is 60.4 Å². The Morgan fingerprint density at radius 2 is 1.22 bits per heavy atom. The summed E-state index contributed by atoms with van der Waals surface area (Å²) in [4.78, 5) is 2.03. The molecule has 0 heterocycles. The molecular formula is C38H56O6S. The molecule has 0 spiro atoms. The lowest BCUT2D eigenvalue weighted by Crippen LogP contribution is -2.25. The van der Waals surface area contributed by atoms with Gasteiger partial charge in [0.15, 0.2) is 0 Å². The van der Waals surface area contributed by atoms with Gasteiger partial charge < -0.3 is 29.2 Å². The molecule has 250 valence electrons. The quantitative estimate of drug-likeness (QED) is 0.101. The molecule has 0 saturated heterocycles. The maximum absolute atomic E-state index is 10.7. The van der Waals surface area contributed by atoms with Crippen LogP contribution >= 0.6 is 11.8 Å². The fourth-order valence-electron chi connectivity index (χ4n) is 5.18. The first-order valence-corrected chi connectivity index (χ1v) is 17.9. The highest BCUT2D eigenvalue weighted by atomic mass is 32.2. The molecule has 3 aromatic rings. The molecular weight excluding hydrogens is 584 g/mol. The Labute approximate surface area is 275 Å². The second-order valence-corrected chi connectivity index (χ2v) is 13.1. The standard InChI is InChI=1S/C38H56O6S/c1-5-9-14-29(7-3)23-41-25-32(39)27-43-34-20-18-31-19-21-37(38(36(31)22-34)45-35-16-12-11-13-17-35)44-28-33(40)26-42-24-30(8-4)15-10-6-2/h11-13,16-22,29-30,32-33,39-40H,5-10,14-15,23-28H2,1-4H3. The summed E-state index contributed by atoms with van der Waals surface area (Å²) in [6, 6.07) is 20.1. The zero-order chi connectivity index (χ0) is 32.3. The van der Waals surface area contributed by atoms with E-state index in [-0.39, 0.29) is 26.4 Å². The molecule has 0 fully saturated rings. The topological polar surface area (TPSA) is 77.4 Å². The molecule has 2 N–H and O–H groups in total. The third-order valence-corrected chi connectivity index (χ3v) is 9.29. The molecule has 4 atom stereocenters. The molecule has 6 nitrogen and oxygen atoms in total. The van der Waals surface area contributed by atoms with E-state index in [0.717, 1.165) is 46.2 Å². The molecule has 0 bridgehead atoms. The Balaban J connectivity index is 1.65. The molecule has 0 aliphatic carbocycles. The van der Waals surface area contributed by atoms with Crippen LogP contribution in [0.3, 0.4) is 0 Å². The molecule has 7 heteroatoms. The van der Waals surface area contributed by atoms with Gasteiger partial charge in [0.25, 0.3) is 0 Å². The van der Waals surface area contributed by atoms with Crippen molar-refractivity contribution in [2.24, 2.45) is 11.8 Å². The monoisotopic (exact) mass is 640 g/mol. The lowest BCUT2D eigenvalue weighted by molar-refractivity contribution is -0.00149. The van der Waals surface area contributed by atoms with Gasteiger partial charge in [-0.25, -0.2) is 0 Å². The van der Waals surface area contributed by atoms with Crippen molar-refractivity contribution in [2.75, 3.05) is 39.6 Å². The van der Waals surface area contributed by atoms with Crippen LogP contribution in [0.4, 0.5) is 0 Å². The Morgan fingerprint density at radius 3 is 1.80 bits per heavy atom. The van der Waals surface area contributed by atoms with Gasteiger partial charge in [0, 0.05) is 23.5 Å².